The second-order valence-electron chi connectivity index (χ2n) is 4.04. The largest absolute Gasteiger partial charge is 0.313 e. The van der Waals surface area contributed by atoms with Gasteiger partial charge in [-0.05, 0) is 52.8 Å². The van der Waals surface area contributed by atoms with Crippen LogP contribution in [0.15, 0.2) is 47.1 Å². The molecule has 0 saturated carbocycles. The fourth-order valence-electron chi connectivity index (χ4n) is 1.84. The Morgan fingerprint density at radius 3 is 2.78 bits per heavy atom. The number of hydrogen-bond donors (Lipinski definition) is 1. The Labute approximate surface area is 114 Å². The standard InChI is InChI=1S/C14H14BrFN2/c1-17-14(9-11-4-2-3-7-18-11)10-5-6-12(15)13(16)8-10/h2-8,14,17H,9H2,1H3. The molecule has 0 amide bonds. The Hall–Kier alpha value is -1.26. The van der Waals surface area contributed by atoms with Crippen LogP contribution in [0.1, 0.15) is 17.3 Å². The summed E-state index contributed by atoms with van der Waals surface area (Å²) in [7, 11) is 1.87. The third-order valence-electron chi connectivity index (χ3n) is 2.83. The highest BCUT2D eigenvalue weighted by Gasteiger charge is 2.12. The molecule has 2 nitrogen and oxygen atoms in total. The van der Waals surface area contributed by atoms with Gasteiger partial charge in [-0.25, -0.2) is 4.39 Å². The first-order chi connectivity index (χ1) is 8.70. The Kier molecular flexibility index (Phi) is 4.44. The second-order valence-corrected chi connectivity index (χ2v) is 4.89. The van der Waals surface area contributed by atoms with E-state index in [4.69, 9.17) is 0 Å². The van der Waals surface area contributed by atoms with Crippen LogP contribution in [0.2, 0.25) is 0 Å². The normalized spacial score (nSPS) is 12.4. The van der Waals surface area contributed by atoms with Gasteiger partial charge in [0, 0.05) is 24.4 Å². The summed E-state index contributed by atoms with van der Waals surface area (Å²) in [6.07, 6.45) is 2.50. The summed E-state index contributed by atoms with van der Waals surface area (Å²) in [6, 6.07) is 11.1. The fraction of sp³-hybridized carbons (Fsp3) is 0.214. The summed E-state index contributed by atoms with van der Waals surface area (Å²) in [4.78, 5) is 4.29. The Morgan fingerprint density at radius 2 is 2.17 bits per heavy atom. The van der Waals surface area contributed by atoms with Crippen LogP contribution in [-0.4, -0.2) is 12.0 Å². The minimum atomic E-state index is -0.242. The number of benzene rings is 1. The van der Waals surface area contributed by atoms with Gasteiger partial charge < -0.3 is 5.32 Å². The van der Waals surface area contributed by atoms with Crippen molar-refractivity contribution < 1.29 is 4.39 Å². The molecule has 0 aliphatic heterocycles. The van der Waals surface area contributed by atoms with Gasteiger partial charge in [-0.1, -0.05) is 12.1 Å². The summed E-state index contributed by atoms with van der Waals surface area (Å²) in [5.41, 5.74) is 1.91. The highest BCUT2D eigenvalue weighted by Crippen LogP contribution is 2.22. The molecule has 0 fully saturated rings. The molecule has 94 valence electrons. The third kappa shape index (κ3) is 3.15. The van der Waals surface area contributed by atoms with Crippen molar-refractivity contribution in [3.8, 4) is 0 Å². The van der Waals surface area contributed by atoms with Crippen LogP contribution < -0.4 is 5.32 Å². The molecule has 4 heteroatoms. The molecular weight excluding hydrogens is 295 g/mol. The van der Waals surface area contributed by atoms with E-state index >= 15 is 0 Å². The van der Waals surface area contributed by atoms with E-state index in [1.54, 1.807) is 18.3 Å². The maximum Gasteiger partial charge on any atom is 0.137 e. The number of likely N-dealkylation sites (N-methyl/N-ethyl adjacent to an activating group) is 1. The Bertz CT molecular complexity index is 516. The lowest BCUT2D eigenvalue weighted by Crippen LogP contribution is -2.19. The van der Waals surface area contributed by atoms with Crippen LogP contribution in [-0.2, 0) is 6.42 Å². The summed E-state index contributed by atoms with van der Waals surface area (Å²) in [5.74, 6) is -0.242. The van der Waals surface area contributed by atoms with Gasteiger partial charge in [0.1, 0.15) is 5.82 Å². The zero-order valence-corrected chi connectivity index (χ0v) is 11.6. The summed E-state index contributed by atoms with van der Waals surface area (Å²) in [5, 5.41) is 3.19. The van der Waals surface area contributed by atoms with Crippen molar-refractivity contribution in [3.05, 3.63) is 64.1 Å². The molecule has 1 atom stereocenters. The molecule has 2 rings (SSSR count). The molecule has 0 aliphatic carbocycles. The molecule has 18 heavy (non-hydrogen) atoms. The van der Waals surface area contributed by atoms with Gasteiger partial charge in [-0.2, -0.15) is 0 Å². The van der Waals surface area contributed by atoms with E-state index in [1.807, 2.05) is 31.3 Å². The van der Waals surface area contributed by atoms with E-state index in [-0.39, 0.29) is 11.9 Å². The Morgan fingerprint density at radius 1 is 1.33 bits per heavy atom. The van der Waals surface area contributed by atoms with Gasteiger partial charge in [-0.3, -0.25) is 4.98 Å². The van der Waals surface area contributed by atoms with Crippen LogP contribution >= 0.6 is 15.9 Å². The highest BCUT2D eigenvalue weighted by molar-refractivity contribution is 9.10. The number of nitrogens with zero attached hydrogens (tertiary/aromatic N) is 1. The number of hydrogen-bond acceptors (Lipinski definition) is 2. The Balaban J connectivity index is 2.20. The van der Waals surface area contributed by atoms with Crippen molar-refractivity contribution in [3.63, 3.8) is 0 Å². The number of halogens is 2. The van der Waals surface area contributed by atoms with Gasteiger partial charge in [0.2, 0.25) is 0 Å². The lowest BCUT2D eigenvalue weighted by Gasteiger charge is -2.16. The average Bonchev–Trinajstić information content (AvgIpc) is 2.40. The van der Waals surface area contributed by atoms with E-state index in [9.17, 15) is 4.39 Å². The van der Waals surface area contributed by atoms with Crippen LogP contribution in [0, 0.1) is 5.82 Å². The predicted molar refractivity (Wildman–Crippen MR) is 73.8 cm³/mol. The molecule has 1 aromatic heterocycles. The first-order valence-corrected chi connectivity index (χ1v) is 6.52. The molecule has 2 aromatic rings. The van der Waals surface area contributed by atoms with Gasteiger partial charge in [0.05, 0.1) is 4.47 Å². The molecule has 0 aliphatic rings. The van der Waals surface area contributed by atoms with Gasteiger partial charge in [0.25, 0.3) is 0 Å². The van der Waals surface area contributed by atoms with E-state index in [0.29, 0.717) is 4.47 Å². The molecular formula is C14H14BrFN2. The highest BCUT2D eigenvalue weighted by atomic mass is 79.9. The monoisotopic (exact) mass is 308 g/mol. The minimum Gasteiger partial charge on any atom is -0.313 e. The molecule has 0 spiro atoms. The van der Waals surface area contributed by atoms with E-state index < -0.39 is 0 Å². The summed E-state index contributed by atoms with van der Waals surface area (Å²) >= 11 is 3.16. The molecule has 1 aromatic carbocycles. The summed E-state index contributed by atoms with van der Waals surface area (Å²) in [6.45, 7) is 0. The topological polar surface area (TPSA) is 24.9 Å². The maximum absolute atomic E-state index is 13.5. The number of pyridine rings is 1. The minimum absolute atomic E-state index is 0.0579. The molecule has 0 radical (unpaired) electrons. The van der Waals surface area contributed by atoms with Crippen molar-refractivity contribution >= 4 is 15.9 Å². The van der Waals surface area contributed by atoms with Crippen LogP contribution in [0.3, 0.4) is 0 Å². The van der Waals surface area contributed by atoms with Gasteiger partial charge >= 0.3 is 0 Å². The molecule has 1 unspecified atom stereocenters. The van der Waals surface area contributed by atoms with Gasteiger partial charge in [0.15, 0.2) is 0 Å². The second kappa shape index (κ2) is 6.07. The molecule has 0 saturated heterocycles. The number of rotatable bonds is 4. The lowest BCUT2D eigenvalue weighted by molar-refractivity contribution is 0.570. The van der Waals surface area contributed by atoms with Crippen molar-refractivity contribution in [2.75, 3.05) is 7.05 Å². The van der Waals surface area contributed by atoms with Crippen LogP contribution in [0.5, 0.6) is 0 Å². The van der Waals surface area contributed by atoms with E-state index in [0.717, 1.165) is 17.7 Å². The SMILES string of the molecule is CNC(Cc1ccccn1)c1ccc(Br)c(F)c1. The maximum atomic E-state index is 13.5. The number of aromatic nitrogens is 1. The average molecular weight is 309 g/mol. The van der Waals surface area contributed by atoms with Crippen molar-refractivity contribution in [2.24, 2.45) is 0 Å². The van der Waals surface area contributed by atoms with Gasteiger partial charge in [-0.15, -0.1) is 0 Å². The first kappa shape index (κ1) is 13.2. The number of nitrogens with one attached hydrogen (secondary N) is 1. The van der Waals surface area contributed by atoms with E-state index in [2.05, 4.69) is 26.2 Å². The van der Waals surface area contributed by atoms with Crippen molar-refractivity contribution in [1.29, 1.82) is 0 Å². The molecule has 1 N–H and O–H groups in total. The lowest BCUT2D eigenvalue weighted by atomic mass is 10.0. The summed E-state index contributed by atoms with van der Waals surface area (Å²) < 4.78 is 14.0. The third-order valence-corrected chi connectivity index (χ3v) is 3.48. The zero-order chi connectivity index (χ0) is 13.0. The van der Waals surface area contributed by atoms with E-state index in [1.165, 1.54) is 0 Å². The van der Waals surface area contributed by atoms with Crippen molar-refractivity contribution in [1.82, 2.24) is 10.3 Å². The molecule has 1 heterocycles. The van der Waals surface area contributed by atoms with Crippen molar-refractivity contribution in [2.45, 2.75) is 12.5 Å². The smallest absolute Gasteiger partial charge is 0.137 e. The molecule has 0 bridgehead atoms. The zero-order valence-electron chi connectivity index (χ0n) is 10.0. The fourth-order valence-corrected chi connectivity index (χ4v) is 2.09. The van der Waals surface area contributed by atoms with Crippen LogP contribution in [0.4, 0.5) is 4.39 Å². The first-order valence-electron chi connectivity index (χ1n) is 5.73. The van der Waals surface area contributed by atoms with Crippen LogP contribution in [0.25, 0.3) is 0 Å². The quantitative estimate of drug-likeness (QED) is 0.935. The predicted octanol–water partition coefficient (Wildman–Crippen LogP) is 3.49.